The number of hydrogen-bond acceptors (Lipinski definition) is 4. The van der Waals surface area contributed by atoms with Gasteiger partial charge in [0.05, 0.1) is 25.5 Å². The standard InChI is InChI=1S/C5H10N4O/c1-9-5(3-6-8-9)4-7-10-2/h3,7H,4H2,1-2H3. The highest BCUT2D eigenvalue weighted by atomic mass is 16.6. The highest BCUT2D eigenvalue weighted by Crippen LogP contribution is 1.90. The van der Waals surface area contributed by atoms with Gasteiger partial charge in [-0.2, -0.15) is 5.48 Å². The van der Waals surface area contributed by atoms with Gasteiger partial charge in [-0.1, -0.05) is 5.21 Å². The molecule has 1 heterocycles. The fourth-order valence-electron chi connectivity index (χ4n) is 0.617. The lowest BCUT2D eigenvalue weighted by Gasteiger charge is -1.99. The number of nitrogens with one attached hydrogen (secondary N) is 1. The van der Waals surface area contributed by atoms with Crippen LogP contribution in [-0.2, 0) is 18.4 Å². The molecule has 56 valence electrons. The Kier molecular flexibility index (Phi) is 2.35. The Balaban J connectivity index is 2.49. The third kappa shape index (κ3) is 1.52. The maximum Gasteiger partial charge on any atom is 0.0745 e. The highest BCUT2D eigenvalue weighted by Gasteiger charge is 1.96. The van der Waals surface area contributed by atoms with Gasteiger partial charge in [0.25, 0.3) is 0 Å². The molecule has 0 radical (unpaired) electrons. The molecule has 0 aliphatic carbocycles. The molecule has 1 rings (SSSR count). The van der Waals surface area contributed by atoms with E-state index in [1.165, 1.54) is 0 Å². The molecule has 0 aliphatic heterocycles. The summed E-state index contributed by atoms with van der Waals surface area (Å²) in [4.78, 5) is 4.65. The van der Waals surface area contributed by atoms with Crippen LogP contribution in [0, 0.1) is 0 Å². The van der Waals surface area contributed by atoms with Crippen molar-refractivity contribution in [3.05, 3.63) is 11.9 Å². The van der Waals surface area contributed by atoms with Gasteiger partial charge >= 0.3 is 0 Å². The Bertz CT molecular complexity index is 197. The van der Waals surface area contributed by atoms with Crippen LogP contribution >= 0.6 is 0 Å². The van der Waals surface area contributed by atoms with Crippen LogP contribution in [0.5, 0.6) is 0 Å². The van der Waals surface area contributed by atoms with Crippen molar-refractivity contribution in [2.75, 3.05) is 7.11 Å². The Labute approximate surface area is 58.9 Å². The second-order valence-electron chi connectivity index (χ2n) is 1.87. The first-order chi connectivity index (χ1) is 4.84. The first-order valence-corrected chi connectivity index (χ1v) is 2.94. The van der Waals surface area contributed by atoms with Gasteiger partial charge in [-0.05, 0) is 0 Å². The van der Waals surface area contributed by atoms with Crippen molar-refractivity contribution in [1.82, 2.24) is 20.5 Å². The first-order valence-electron chi connectivity index (χ1n) is 2.94. The van der Waals surface area contributed by atoms with Crippen molar-refractivity contribution in [2.24, 2.45) is 7.05 Å². The Morgan fingerprint density at radius 3 is 3.10 bits per heavy atom. The van der Waals surface area contributed by atoms with Gasteiger partial charge in [-0.25, -0.2) is 0 Å². The van der Waals surface area contributed by atoms with E-state index >= 15 is 0 Å². The molecule has 0 saturated carbocycles. The summed E-state index contributed by atoms with van der Waals surface area (Å²) in [6, 6.07) is 0. The zero-order valence-electron chi connectivity index (χ0n) is 6.03. The van der Waals surface area contributed by atoms with Crippen molar-refractivity contribution in [2.45, 2.75) is 6.54 Å². The second kappa shape index (κ2) is 3.28. The minimum atomic E-state index is 0.625. The summed E-state index contributed by atoms with van der Waals surface area (Å²) in [5.41, 5.74) is 3.68. The van der Waals surface area contributed by atoms with E-state index in [-0.39, 0.29) is 0 Å². The molecule has 1 N–H and O–H groups in total. The monoisotopic (exact) mass is 142 g/mol. The van der Waals surface area contributed by atoms with E-state index in [0.29, 0.717) is 6.54 Å². The lowest BCUT2D eigenvalue weighted by atomic mass is 10.5. The molecule has 10 heavy (non-hydrogen) atoms. The van der Waals surface area contributed by atoms with E-state index < -0.39 is 0 Å². The fourth-order valence-corrected chi connectivity index (χ4v) is 0.617. The quantitative estimate of drug-likeness (QED) is 0.576. The average Bonchev–Trinajstić information content (AvgIpc) is 2.31. The van der Waals surface area contributed by atoms with E-state index in [2.05, 4.69) is 20.6 Å². The molecular weight excluding hydrogens is 132 g/mol. The minimum absolute atomic E-state index is 0.625. The van der Waals surface area contributed by atoms with Crippen LogP contribution in [0.25, 0.3) is 0 Å². The number of hydroxylamine groups is 1. The van der Waals surface area contributed by atoms with Crippen molar-refractivity contribution < 1.29 is 4.84 Å². The van der Waals surface area contributed by atoms with Gasteiger partial charge in [0.2, 0.25) is 0 Å². The van der Waals surface area contributed by atoms with Crippen molar-refractivity contribution in [3.8, 4) is 0 Å². The number of aryl methyl sites for hydroxylation is 1. The van der Waals surface area contributed by atoms with Gasteiger partial charge in [0.1, 0.15) is 0 Å². The molecule has 5 heteroatoms. The predicted molar refractivity (Wildman–Crippen MR) is 34.9 cm³/mol. The highest BCUT2D eigenvalue weighted by molar-refractivity contribution is 4.91. The lowest BCUT2D eigenvalue weighted by molar-refractivity contribution is 0.0850. The zero-order valence-corrected chi connectivity index (χ0v) is 6.03. The van der Waals surface area contributed by atoms with Gasteiger partial charge in [-0.3, -0.25) is 4.68 Å². The number of hydrogen-bond donors (Lipinski definition) is 1. The molecule has 0 amide bonds. The number of rotatable bonds is 3. The van der Waals surface area contributed by atoms with Crippen LogP contribution in [0.1, 0.15) is 5.69 Å². The minimum Gasteiger partial charge on any atom is -0.305 e. The summed E-state index contributed by atoms with van der Waals surface area (Å²) in [6.45, 7) is 0.625. The van der Waals surface area contributed by atoms with Gasteiger partial charge in [0, 0.05) is 7.05 Å². The molecule has 0 unspecified atom stereocenters. The van der Waals surface area contributed by atoms with Crippen LogP contribution in [0.2, 0.25) is 0 Å². The van der Waals surface area contributed by atoms with Crippen molar-refractivity contribution >= 4 is 0 Å². The normalized spacial score (nSPS) is 10.2. The third-order valence-electron chi connectivity index (χ3n) is 1.21. The van der Waals surface area contributed by atoms with Crippen LogP contribution in [0.15, 0.2) is 6.20 Å². The van der Waals surface area contributed by atoms with E-state index in [0.717, 1.165) is 5.69 Å². The van der Waals surface area contributed by atoms with Gasteiger partial charge in [-0.15, -0.1) is 5.10 Å². The smallest absolute Gasteiger partial charge is 0.0745 e. The first kappa shape index (κ1) is 7.17. The molecule has 0 spiro atoms. The van der Waals surface area contributed by atoms with Crippen LogP contribution in [-0.4, -0.2) is 22.1 Å². The van der Waals surface area contributed by atoms with Crippen LogP contribution in [0.3, 0.4) is 0 Å². The lowest BCUT2D eigenvalue weighted by Crippen LogP contribution is -2.13. The molecule has 0 aliphatic rings. The SMILES string of the molecule is CONCc1cnnn1C. The summed E-state index contributed by atoms with van der Waals surface area (Å²) in [5.74, 6) is 0. The topological polar surface area (TPSA) is 52.0 Å². The molecule has 1 aromatic heterocycles. The molecule has 0 bridgehead atoms. The molecule has 1 aromatic rings. The molecule has 0 atom stereocenters. The zero-order chi connectivity index (χ0) is 7.40. The van der Waals surface area contributed by atoms with E-state index in [1.54, 1.807) is 18.0 Å². The Morgan fingerprint density at radius 2 is 2.60 bits per heavy atom. The molecular formula is C5H10N4O. The number of aromatic nitrogens is 3. The molecule has 0 saturated heterocycles. The summed E-state index contributed by atoms with van der Waals surface area (Å²) >= 11 is 0. The third-order valence-corrected chi connectivity index (χ3v) is 1.21. The predicted octanol–water partition coefficient (Wildman–Crippen LogP) is -0.534. The summed E-state index contributed by atoms with van der Waals surface area (Å²) in [7, 11) is 3.41. The number of nitrogens with zero attached hydrogens (tertiary/aromatic N) is 3. The summed E-state index contributed by atoms with van der Waals surface area (Å²) < 4.78 is 1.69. The second-order valence-corrected chi connectivity index (χ2v) is 1.87. The maximum atomic E-state index is 4.65. The summed E-state index contributed by atoms with van der Waals surface area (Å²) in [5, 5.41) is 7.43. The van der Waals surface area contributed by atoms with E-state index in [9.17, 15) is 0 Å². The van der Waals surface area contributed by atoms with Gasteiger partial charge < -0.3 is 4.84 Å². The molecule has 5 nitrogen and oxygen atoms in total. The van der Waals surface area contributed by atoms with Crippen LogP contribution < -0.4 is 5.48 Å². The average molecular weight is 142 g/mol. The maximum absolute atomic E-state index is 4.65. The van der Waals surface area contributed by atoms with E-state index in [1.807, 2.05) is 7.05 Å². The fraction of sp³-hybridized carbons (Fsp3) is 0.600. The van der Waals surface area contributed by atoms with Crippen molar-refractivity contribution in [1.29, 1.82) is 0 Å². The molecule has 0 aromatic carbocycles. The largest absolute Gasteiger partial charge is 0.305 e. The van der Waals surface area contributed by atoms with Crippen molar-refractivity contribution in [3.63, 3.8) is 0 Å². The summed E-state index contributed by atoms with van der Waals surface area (Å²) in [6.07, 6.45) is 1.69. The molecule has 0 fully saturated rings. The Morgan fingerprint density at radius 1 is 1.80 bits per heavy atom. The van der Waals surface area contributed by atoms with Crippen LogP contribution in [0.4, 0.5) is 0 Å². The Hall–Kier alpha value is -0.940. The van der Waals surface area contributed by atoms with Gasteiger partial charge in [0.15, 0.2) is 0 Å². The van der Waals surface area contributed by atoms with E-state index in [4.69, 9.17) is 0 Å².